The second-order valence-corrected chi connectivity index (χ2v) is 7.25. The largest absolute Gasteiger partial charge is 0.357 e. The minimum Gasteiger partial charge on any atom is -0.357 e. The third-order valence-corrected chi connectivity index (χ3v) is 5.18. The fourth-order valence-electron chi connectivity index (χ4n) is 3.73. The lowest BCUT2D eigenvalue weighted by molar-refractivity contribution is 0.624. The summed E-state index contributed by atoms with van der Waals surface area (Å²) in [6.07, 6.45) is 2.84. The number of hydrogen-bond acceptors (Lipinski definition) is 3. The zero-order valence-corrected chi connectivity index (χ0v) is 20.3. The normalized spacial score (nSPS) is 11.5. The second-order valence-electron chi connectivity index (χ2n) is 7.25. The molecule has 0 bridgehead atoms. The van der Waals surface area contributed by atoms with Crippen LogP contribution in [-0.2, 0) is 13.1 Å². The van der Waals surface area contributed by atoms with E-state index in [2.05, 4.69) is 69.3 Å². The minimum absolute atomic E-state index is 0. The molecular weight excluding hydrogens is 499 g/mol. The first-order valence-electron chi connectivity index (χ1n) is 10.5. The molecule has 162 valence electrons. The third-order valence-electron chi connectivity index (χ3n) is 5.18. The quantitative estimate of drug-likeness (QED) is 0.159. The first-order valence-corrected chi connectivity index (χ1v) is 10.5. The van der Waals surface area contributed by atoms with Crippen molar-refractivity contribution in [3.63, 3.8) is 0 Å². The molecule has 0 aliphatic carbocycles. The van der Waals surface area contributed by atoms with Gasteiger partial charge < -0.3 is 15.2 Å². The Hall–Kier alpha value is -2.68. The molecule has 0 spiro atoms. The van der Waals surface area contributed by atoms with Gasteiger partial charge in [0.25, 0.3) is 0 Å². The maximum atomic E-state index is 4.75. The Morgan fingerprint density at radius 3 is 2.71 bits per heavy atom. The van der Waals surface area contributed by atoms with Gasteiger partial charge >= 0.3 is 0 Å². The molecule has 7 heteroatoms. The Morgan fingerprint density at radius 1 is 1.03 bits per heavy atom. The smallest absolute Gasteiger partial charge is 0.191 e. The molecule has 0 unspecified atom stereocenters. The van der Waals surface area contributed by atoms with Gasteiger partial charge in [0.1, 0.15) is 5.82 Å². The molecule has 0 saturated heterocycles. The number of pyridine rings is 1. The topological polar surface area (TPSA) is 67.1 Å². The van der Waals surface area contributed by atoms with Crippen molar-refractivity contribution in [2.75, 3.05) is 13.1 Å². The highest BCUT2D eigenvalue weighted by Gasteiger charge is 2.06. The molecule has 0 fully saturated rings. The summed E-state index contributed by atoms with van der Waals surface area (Å²) in [4.78, 5) is 13.9. The van der Waals surface area contributed by atoms with E-state index >= 15 is 0 Å². The summed E-state index contributed by atoms with van der Waals surface area (Å²) in [6, 6.07) is 18.6. The van der Waals surface area contributed by atoms with Gasteiger partial charge in [-0.05, 0) is 43.9 Å². The van der Waals surface area contributed by atoms with Crippen molar-refractivity contribution >= 4 is 51.7 Å². The SMILES string of the molecule is CCNC(=NCc1nccc2ccccc12)NCCCn1c(C)nc2ccccc21.I. The van der Waals surface area contributed by atoms with Gasteiger partial charge in [-0.3, -0.25) is 4.98 Å². The number of imidazole rings is 1. The number of fused-ring (bicyclic) bond motifs is 2. The Kier molecular flexibility index (Phi) is 8.22. The number of nitrogens with zero attached hydrogens (tertiary/aromatic N) is 4. The van der Waals surface area contributed by atoms with E-state index in [9.17, 15) is 0 Å². The first-order chi connectivity index (χ1) is 14.8. The lowest BCUT2D eigenvalue weighted by Gasteiger charge is -2.12. The minimum atomic E-state index is 0. The van der Waals surface area contributed by atoms with Crippen LogP contribution in [0.4, 0.5) is 0 Å². The highest BCUT2D eigenvalue weighted by molar-refractivity contribution is 14.0. The molecule has 0 atom stereocenters. The number of halogens is 1. The van der Waals surface area contributed by atoms with E-state index in [1.807, 2.05) is 30.5 Å². The molecule has 31 heavy (non-hydrogen) atoms. The summed E-state index contributed by atoms with van der Waals surface area (Å²) in [5.41, 5.74) is 3.24. The maximum absolute atomic E-state index is 4.75. The van der Waals surface area contributed by atoms with Crippen molar-refractivity contribution in [1.29, 1.82) is 0 Å². The summed E-state index contributed by atoms with van der Waals surface area (Å²) in [6.45, 7) is 7.26. The summed E-state index contributed by atoms with van der Waals surface area (Å²) in [5.74, 6) is 1.87. The number of aliphatic imine (C=N–C) groups is 1. The van der Waals surface area contributed by atoms with E-state index < -0.39 is 0 Å². The van der Waals surface area contributed by atoms with Crippen LogP contribution in [0, 0.1) is 6.92 Å². The summed E-state index contributed by atoms with van der Waals surface area (Å²) in [5, 5.41) is 9.12. The van der Waals surface area contributed by atoms with Crippen molar-refractivity contribution in [2.45, 2.75) is 33.4 Å². The number of aromatic nitrogens is 3. The van der Waals surface area contributed by atoms with Crippen LogP contribution in [0.25, 0.3) is 21.8 Å². The van der Waals surface area contributed by atoms with E-state index in [1.54, 1.807) is 0 Å². The lowest BCUT2D eigenvalue weighted by Crippen LogP contribution is -2.38. The number of aryl methyl sites for hydroxylation is 2. The molecular formula is C24H29IN6. The molecule has 0 aliphatic heterocycles. The van der Waals surface area contributed by atoms with Gasteiger partial charge in [-0.1, -0.05) is 36.4 Å². The van der Waals surface area contributed by atoms with Crippen molar-refractivity contribution in [2.24, 2.45) is 4.99 Å². The highest BCUT2D eigenvalue weighted by atomic mass is 127. The molecule has 0 amide bonds. The van der Waals surface area contributed by atoms with E-state index in [-0.39, 0.29) is 24.0 Å². The van der Waals surface area contributed by atoms with E-state index in [1.165, 1.54) is 10.9 Å². The van der Waals surface area contributed by atoms with Crippen LogP contribution in [0.15, 0.2) is 65.8 Å². The highest BCUT2D eigenvalue weighted by Crippen LogP contribution is 2.17. The molecule has 2 heterocycles. The maximum Gasteiger partial charge on any atom is 0.191 e. The Morgan fingerprint density at radius 2 is 1.84 bits per heavy atom. The Bertz CT molecular complexity index is 1160. The van der Waals surface area contributed by atoms with Crippen LogP contribution in [0.2, 0.25) is 0 Å². The van der Waals surface area contributed by atoms with Crippen LogP contribution in [0.3, 0.4) is 0 Å². The molecule has 2 aromatic heterocycles. The molecule has 6 nitrogen and oxygen atoms in total. The van der Waals surface area contributed by atoms with Crippen LogP contribution >= 0.6 is 24.0 Å². The van der Waals surface area contributed by atoms with Crippen molar-refractivity contribution in [3.8, 4) is 0 Å². The molecule has 4 rings (SSSR count). The predicted octanol–water partition coefficient (Wildman–Crippen LogP) is 4.66. The molecule has 2 N–H and O–H groups in total. The van der Waals surface area contributed by atoms with Crippen molar-refractivity contribution in [1.82, 2.24) is 25.2 Å². The van der Waals surface area contributed by atoms with Gasteiger partial charge in [-0.2, -0.15) is 0 Å². The number of hydrogen-bond donors (Lipinski definition) is 2. The predicted molar refractivity (Wildman–Crippen MR) is 139 cm³/mol. The lowest BCUT2D eigenvalue weighted by atomic mass is 10.1. The van der Waals surface area contributed by atoms with Gasteiger partial charge in [0.05, 0.1) is 23.3 Å². The number of nitrogens with one attached hydrogen (secondary N) is 2. The van der Waals surface area contributed by atoms with Crippen LogP contribution in [-0.4, -0.2) is 33.6 Å². The molecule has 0 saturated carbocycles. The summed E-state index contributed by atoms with van der Waals surface area (Å²) >= 11 is 0. The molecule has 4 aromatic rings. The van der Waals surface area contributed by atoms with E-state index in [4.69, 9.17) is 4.99 Å². The van der Waals surface area contributed by atoms with Crippen LogP contribution in [0.1, 0.15) is 24.9 Å². The summed E-state index contributed by atoms with van der Waals surface area (Å²) in [7, 11) is 0. The Balaban J connectivity index is 0.00000272. The first kappa shape index (κ1) is 23.0. The number of rotatable bonds is 7. The average molecular weight is 528 g/mol. The zero-order chi connectivity index (χ0) is 20.8. The Labute approximate surface area is 200 Å². The van der Waals surface area contributed by atoms with Gasteiger partial charge in [0, 0.05) is 31.2 Å². The van der Waals surface area contributed by atoms with Gasteiger partial charge in [-0.15, -0.1) is 24.0 Å². The van der Waals surface area contributed by atoms with Crippen molar-refractivity contribution < 1.29 is 0 Å². The van der Waals surface area contributed by atoms with Crippen molar-refractivity contribution in [3.05, 3.63) is 72.3 Å². The monoisotopic (exact) mass is 528 g/mol. The second kappa shape index (κ2) is 11.1. The zero-order valence-electron chi connectivity index (χ0n) is 18.0. The summed E-state index contributed by atoms with van der Waals surface area (Å²) < 4.78 is 2.28. The molecule has 0 radical (unpaired) electrons. The third kappa shape index (κ3) is 5.52. The van der Waals surface area contributed by atoms with Gasteiger partial charge in [0.2, 0.25) is 0 Å². The van der Waals surface area contributed by atoms with Crippen LogP contribution in [0.5, 0.6) is 0 Å². The standard InChI is InChI=1S/C24H28N6.HI/c1-3-25-24(28-17-22-20-10-5-4-9-19(20)13-15-26-22)27-14-8-16-30-18(2)29-21-11-6-7-12-23(21)30;/h4-7,9-13,15H,3,8,14,16-17H2,1-2H3,(H2,25,27,28);1H. The van der Waals surface area contributed by atoms with Gasteiger partial charge in [-0.25, -0.2) is 9.98 Å². The van der Waals surface area contributed by atoms with Crippen LogP contribution < -0.4 is 10.6 Å². The number of para-hydroxylation sites is 2. The number of benzene rings is 2. The average Bonchev–Trinajstić information content (AvgIpc) is 3.10. The molecule has 0 aliphatic rings. The van der Waals surface area contributed by atoms with Gasteiger partial charge in [0.15, 0.2) is 5.96 Å². The fourth-order valence-corrected chi connectivity index (χ4v) is 3.73. The number of guanidine groups is 1. The van der Waals surface area contributed by atoms with E-state index in [0.717, 1.165) is 54.4 Å². The van der Waals surface area contributed by atoms with E-state index in [0.29, 0.717) is 6.54 Å². The molecule has 2 aromatic carbocycles. The fraction of sp³-hybridized carbons (Fsp3) is 0.292.